The number of carbonyl (C=O) groups excluding carboxylic acids is 2. The van der Waals surface area contributed by atoms with Crippen LogP contribution in [0.5, 0.6) is 0 Å². The number of allylic oxidation sites excluding steroid dienone is 3. The van der Waals surface area contributed by atoms with E-state index in [1.54, 1.807) is 24.0 Å². The van der Waals surface area contributed by atoms with Crippen molar-refractivity contribution in [2.45, 2.75) is 19.8 Å². The summed E-state index contributed by atoms with van der Waals surface area (Å²) >= 11 is 6.48. The molecule has 0 saturated carbocycles. The van der Waals surface area contributed by atoms with Crippen molar-refractivity contribution in [1.82, 2.24) is 0 Å². The standard InChI is InChI=1S/C23H16ClNO2/c1-15-21(26)12-10-18-14-22(27)25(23(15)18)20-11-9-17(13-19(20)24)8-7-16-5-3-2-4-6-16/h2-6,9-11,13H,12,14H2,1H3. The molecule has 4 rings (SSSR count). The predicted molar refractivity (Wildman–Crippen MR) is 106 cm³/mol. The molecule has 0 spiro atoms. The minimum Gasteiger partial charge on any atom is -0.294 e. The van der Waals surface area contributed by atoms with Gasteiger partial charge in [0, 0.05) is 23.1 Å². The van der Waals surface area contributed by atoms with Gasteiger partial charge < -0.3 is 0 Å². The van der Waals surface area contributed by atoms with Crippen molar-refractivity contribution in [1.29, 1.82) is 0 Å². The highest BCUT2D eigenvalue weighted by Gasteiger charge is 2.36. The average Bonchev–Trinajstić information content (AvgIpc) is 3.01. The van der Waals surface area contributed by atoms with E-state index in [0.717, 1.165) is 16.7 Å². The van der Waals surface area contributed by atoms with Crippen LogP contribution in [0, 0.1) is 11.8 Å². The van der Waals surface area contributed by atoms with Crippen molar-refractivity contribution < 1.29 is 9.59 Å². The van der Waals surface area contributed by atoms with E-state index in [1.165, 1.54) is 0 Å². The van der Waals surface area contributed by atoms with Gasteiger partial charge in [0.25, 0.3) is 0 Å². The van der Waals surface area contributed by atoms with Gasteiger partial charge in [0.2, 0.25) is 5.91 Å². The van der Waals surface area contributed by atoms with Gasteiger partial charge >= 0.3 is 0 Å². The number of amides is 1. The summed E-state index contributed by atoms with van der Waals surface area (Å²) in [7, 11) is 0. The average molecular weight is 374 g/mol. The molecule has 1 heterocycles. The zero-order valence-corrected chi connectivity index (χ0v) is 15.5. The Hall–Kier alpha value is -3.09. The van der Waals surface area contributed by atoms with Crippen LogP contribution < -0.4 is 4.90 Å². The van der Waals surface area contributed by atoms with Gasteiger partial charge in [0.05, 0.1) is 22.8 Å². The molecule has 4 heteroatoms. The van der Waals surface area contributed by atoms with E-state index in [9.17, 15) is 9.59 Å². The Kier molecular flexibility index (Phi) is 4.43. The molecule has 27 heavy (non-hydrogen) atoms. The van der Waals surface area contributed by atoms with Crippen molar-refractivity contribution in [3.05, 3.63) is 87.6 Å². The first-order chi connectivity index (χ1) is 13.0. The number of halogens is 1. The third kappa shape index (κ3) is 3.20. The maximum absolute atomic E-state index is 12.6. The topological polar surface area (TPSA) is 37.4 Å². The van der Waals surface area contributed by atoms with Crippen LogP contribution in [0.3, 0.4) is 0 Å². The van der Waals surface area contributed by atoms with Gasteiger partial charge in [-0.25, -0.2) is 0 Å². The highest BCUT2D eigenvalue weighted by Crippen LogP contribution is 2.41. The molecule has 132 valence electrons. The van der Waals surface area contributed by atoms with E-state index in [2.05, 4.69) is 11.8 Å². The van der Waals surface area contributed by atoms with Crippen molar-refractivity contribution in [2.24, 2.45) is 0 Å². The fourth-order valence-corrected chi connectivity index (χ4v) is 3.62. The lowest BCUT2D eigenvalue weighted by atomic mass is 9.96. The van der Waals surface area contributed by atoms with Crippen molar-refractivity contribution in [3.63, 3.8) is 0 Å². The lowest BCUT2D eigenvalue weighted by molar-refractivity contribution is -0.116. The summed E-state index contributed by atoms with van der Waals surface area (Å²) in [6.45, 7) is 1.77. The Morgan fingerprint density at radius 1 is 1.00 bits per heavy atom. The lowest BCUT2D eigenvalue weighted by Crippen LogP contribution is -2.25. The van der Waals surface area contributed by atoms with Crippen LogP contribution in [0.1, 0.15) is 30.9 Å². The molecule has 1 fully saturated rings. The number of nitrogens with zero attached hydrogens (tertiary/aromatic N) is 1. The molecule has 0 aromatic heterocycles. The Morgan fingerprint density at radius 2 is 1.74 bits per heavy atom. The predicted octanol–water partition coefficient (Wildman–Crippen LogP) is 4.65. The maximum atomic E-state index is 12.6. The fourth-order valence-electron chi connectivity index (χ4n) is 3.36. The molecule has 1 aliphatic heterocycles. The first kappa shape index (κ1) is 17.3. The number of carbonyl (C=O) groups is 2. The number of rotatable bonds is 1. The second kappa shape index (κ2) is 6.90. The Labute approximate surface area is 162 Å². The van der Waals surface area contributed by atoms with Gasteiger partial charge in [0.15, 0.2) is 5.78 Å². The van der Waals surface area contributed by atoms with Crippen LogP contribution in [0.4, 0.5) is 5.69 Å². The summed E-state index contributed by atoms with van der Waals surface area (Å²) in [6, 6.07) is 15.1. The van der Waals surface area contributed by atoms with E-state index in [1.807, 2.05) is 42.5 Å². The normalized spacial score (nSPS) is 16.1. The van der Waals surface area contributed by atoms with Gasteiger partial charge in [-0.3, -0.25) is 14.5 Å². The Bertz CT molecular complexity index is 1080. The first-order valence-corrected chi connectivity index (χ1v) is 9.05. The number of Topliss-reactive ketones (excluding diaryl/α,β-unsaturated/α-hetero) is 1. The monoisotopic (exact) mass is 373 g/mol. The van der Waals surface area contributed by atoms with E-state index in [0.29, 0.717) is 34.8 Å². The zero-order chi connectivity index (χ0) is 19.0. The molecule has 2 aliphatic rings. The zero-order valence-electron chi connectivity index (χ0n) is 14.8. The first-order valence-electron chi connectivity index (χ1n) is 8.67. The highest BCUT2D eigenvalue weighted by molar-refractivity contribution is 6.34. The largest absolute Gasteiger partial charge is 0.294 e. The maximum Gasteiger partial charge on any atom is 0.236 e. The second-order valence-corrected chi connectivity index (χ2v) is 6.93. The summed E-state index contributed by atoms with van der Waals surface area (Å²) in [5.41, 5.74) is 4.47. The van der Waals surface area contributed by atoms with Crippen LogP contribution in [0.15, 0.2) is 71.5 Å². The molecule has 0 N–H and O–H groups in total. The third-order valence-corrected chi connectivity index (χ3v) is 5.04. The molecular formula is C23H16ClNO2. The molecule has 1 amide bonds. The summed E-state index contributed by atoms with van der Waals surface area (Å²) in [6.07, 6.45) is 2.50. The smallest absolute Gasteiger partial charge is 0.236 e. The van der Waals surface area contributed by atoms with E-state index >= 15 is 0 Å². The number of hydrogen-bond donors (Lipinski definition) is 0. The Balaban J connectivity index is 1.70. The number of benzene rings is 2. The third-order valence-electron chi connectivity index (χ3n) is 4.74. The van der Waals surface area contributed by atoms with E-state index < -0.39 is 0 Å². The summed E-state index contributed by atoms with van der Waals surface area (Å²) in [4.78, 5) is 26.2. The summed E-state index contributed by atoms with van der Waals surface area (Å²) in [5.74, 6) is 6.14. The second-order valence-electron chi connectivity index (χ2n) is 6.52. The fraction of sp³-hybridized carbons (Fsp3) is 0.130. The van der Waals surface area contributed by atoms with Crippen LogP contribution in [-0.4, -0.2) is 11.7 Å². The molecule has 2 aromatic carbocycles. The van der Waals surface area contributed by atoms with E-state index in [-0.39, 0.29) is 11.7 Å². The molecule has 0 atom stereocenters. The van der Waals surface area contributed by atoms with Crippen LogP contribution in [-0.2, 0) is 9.59 Å². The summed E-state index contributed by atoms with van der Waals surface area (Å²) < 4.78 is 0. The molecule has 0 unspecified atom stereocenters. The van der Waals surface area contributed by atoms with Crippen molar-refractivity contribution in [3.8, 4) is 11.8 Å². The quantitative estimate of drug-likeness (QED) is 0.682. The van der Waals surface area contributed by atoms with Crippen LogP contribution >= 0.6 is 11.6 Å². The minimum absolute atomic E-state index is 0.0370. The van der Waals surface area contributed by atoms with Gasteiger partial charge in [-0.15, -0.1) is 0 Å². The molecular weight excluding hydrogens is 358 g/mol. The SMILES string of the molecule is CC1=C2C(=CCC1=O)CC(=O)N2c1ccc(C#Cc2ccccc2)cc1Cl. The minimum atomic E-state index is -0.0738. The molecule has 0 bridgehead atoms. The van der Waals surface area contributed by atoms with Gasteiger partial charge in [0.1, 0.15) is 0 Å². The van der Waals surface area contributed by atoms with Crippen molar-refractivity contribution >= 4 is 29.0 Å². The van der Waals surface area contributed by atoms with Gasteiger partial charge in [-0.1, -0.05) is 47.7 Å². The van der Waals surface area contributed by atoms with Crippen LogP contribution in [0.25, 0.3) is 0 Å². The highest BCUT2D eigenvalue weighted by atomic mass is 35.5. The lowest BCUT2D eigenvalue weighted by Gasteiger charge is -2.23. The molecule has 0 radical (unpaired) electrons. The summed E-state index contributed by atoms with van der Waals surface area (Å²) in [5, 5.41) is 0.433. The van der Waals surface area contributed by atoms with Gasteiger partial charge in [-0.2, -0.15) is 0 Å². The molecule has 2 aromatic rings. The van der Waals surface area contributed by atoms with Crippen LogP contribution in [0.2, 0.25) is 5.02 Å². The molecule has 3 nitrogen and oxygen atoms in total. The Morgan fingerprint density at radius 3 is 2.48 bits per heavy atom. The molecule has 1 aliphatic carbocycles. The van der Waals surface area contributed by atoms with Crippen molar-refractivity contribution in [2.75, 3.05) is 4.90 Å². The number of fused-ring (bicyclic) bond motifs is 1. The number of hydrogen-bond acceptors (Lipinski definition) is 2. The van der Waals surface area contributed by atoms with E-state index in [4.69, 9.17) is 11.6 Å². The number of ketones is 1. The molecule has 1 saturated heterocycles. The number of anilines is 1. The van der Waals surface area contributed by atoms with Gasteiger partial charge in [-0.05, 0) is 42.8 Å².